The molecule has 344 valence electrons. The minimum Gasteiger partial charge on any atom is -0.0619 e. The van der Waals surface area contributed by atoms with Crippen molar-refractivity contribution >= 4 is 34.4 Å². The highest BCUT2D eigenvalue weighted by molar-refractivity contribution is 6.12. The molecule has 0 atom stereocenters. The van der Waals surface area contributed by atoms with E-state index >= 15 is 0 Å². The summed E-state index contributed by atoms with van der Waals surface area (Å²) < 4.78 is 0. The van der Waals surface area contributed by atoms with E-state index in [9.17, 15) is 0 Å². The highest BCUT2D eigenvalue weighted by Gasteiger charge is 2.57. The normalized spacial score (nSPS) is 17.3. The predicted octanol–water partition coefficient (Wildman–Crippen LogP) is 17.7. The van der Waals surface area contributed by atoms with Crippen LogP contribution in [0.1, 0.15) is 77.9 Å². The minimum absolute atomic E-state index is 0.584. The Kier molecular flexibility index (Phi) is 7.51. The molecule has 75 heavy (non-hydrogen) atoms. The molecule has 0 nitrogen and oxygen atoms in total. The number of fused-ring (bicyclic) bond motifs is 26. The average Bonchev–Trinajstić information content (AvgIpc) is 4.42. The molecule has 0 unspecified atom stereocenters. The van der Waals surface area contributed by atoms with Crippen LogP contribution in [0.3, 0.4) is 0 Å². The first kappa shape index (κ1) is 40.2. The Morgan fingerprint density at radius 3 is 0.973 bits per heavy atom. The maximum atomic E-state index is 2.68. The maximum Gasteiger partial charge on any atom is 0.0731 e. The summed E-state index contributed by atoms with van der Waals surface area (Å²) >= 11 is 0. The number of allylic oxidation sites excluding steroid dienone is 10. The van der Waals surface area contributed by atoms with Gasteiger partial charge in [-0.15, -0.1) is 0 Å². The monoisotopic (exact) mass is 944 g/mol. The molecule has 3 spiro atoms. The Labute approximate surface area is 436 Å². The van der Waals surface area contributed by atoms with Crippen molar-refractivity contribution in [2.45, 2.75) is 16.2 Å². The van der Waals surface area contributed by atoms with Crippen LogP contribution in [0, 0.1) is 0 Å². The number of benzene rings is 10. The van der Waals surface area contributed by atoms with Gasteiger partial charge in [-0.2, -0.15) is 0 Å². The third kappa shape index (κ3) is 4.73. The van der Waals surface area contributed by atoms with Crippen molar-refractivity contribution < 1.29 is 0 Å². The van der Waals surface area contributed by atoms with Crippen molar-refractivity contribution in [3.8, 4) is 44.5 Å². The van der Waals surface area contributed by atoms with Gasteiger partial charge in [-0.1, -0.05) is 231 Å². The molecule has 18 rings (SSSR count). The Morgan fingerprint density at radius 1 is 0.240 bits per heavy atom. The Balaban J connectivity index is 1.03. The lowest BCUT2D eigenvalue weighted by molar-refractivity contribution is 0.782. The zero-order chi connectivity index (χ0) is 48.8. The van der Waals surface area contributed by atoms with Gasteiger partial charge >= 0.3 is 0 Å². The van der Waals surface area contributed by atoms with Crippen LogP contribution in [0.5, 0.6) is 0 Å². The third-order valence-electron chi connectivity index (χ3n) is 18.6. The smallest absolute Gasteiger partial charge is 0.0619 e. The van der Waals surface area contributed by atoms with Crippen LogP contribution in [0.4, 0.5) is 0 Å². The summed E-state index contributed by atoms with van der Waals surface area (Å²) in [5, 5.41) is 0. The quantitative estimate of drug-likeness (QED) is 0.162. The molecule has 0 heterocycles. The van der Waals surface area contributed by atoms with Gasteiger partial charge in [0, 0.05) is 0 Å². The fraction of sp³-hybridized carbons (Fsp3) is 0.0400. The maximum absolute atomic E-state index is 2.68. The molecule has 10 aromatic rings. The lowest BCUT2D eigenvalue weighted by atomic mass is 9.61. The van der Waals surface area contributed by atoms with E-state index in [1.807, 2.05) is 0 Å². The molecular formula is C75H44. The predicted molar refractivity (Wildman–Crippen MR) is 309 cm³/mol. The summed E-state index contributed by atoms with van der Waals surface area (Å²) in [6.45, 7) is 0. The molecular weight excluding hydrogens is 901 g/mol. The van der Waals surface area contributed by atoms with Gasteiger partial charge in [0.15, 0.2) is 0 Å². The number of hydrogen-bond donors (Lipinski definition) is 0. The van der Waals surface area contributed by atoms with Crippen LogP contribution in [0.2, 0.25) is 0 Å². The van der Waals surface area contributed by atoms with Crippen LogP contribution in [-0.2, 0) is 16.2 Å². The molecule has 0 aliphatic heterocycles. The van der Waals surface area contributed by atoms with Gasteiger partial charge < -0.3 is 0 Å². The first-order chi connectivity index (χ1) is 37.2. The number of rotatable bonds is 2. The van der Waals surface area contributed by atoms with Crippen LogP contribution in [-0.4, -0.2) is 0 Å². The van der Waals surface area contributed by atoms with Crippen molar-refractivity contribution in [3.05, 3.63) is 344 Å². The molecule has 0 amide bonds. The Bertz CT molecular complexity index is 4390. The molecule has 0 saturated heterocycles. The molecule has 0 heteroatoms. The lowest BCUT2D eigenvalue weighted by Crippen LogP contribution is -2.32. The first-order valence-electron chi connectivity index (χ1n) is 26.6. The Morgan fingerprint density at radius 2 is 0.547 bits per heavy atom. The van der Waals surface area contributed by atoms with Crippen LogP contribution in [0.25, 0.3) is 79.0 Å². The van der Waals surface area contributed by atoms with E-state index in [2.05, 4.69) is 267 Å². The summed E-state index contributed by atoms with van der Waals surface area (Å²) in [5.41, 5.74) is 34.8. The molecule has 10 aromatic carbocycles. The molecule has 0 aromatic heterocycles. The standard InChI is InChI=1S/C75H44/c1-3-21-50-45(19-1)37-47-41-70(73(43-61(47)50)63-30-12-5-23-52(63)53-24-6-13-31-64(53)73)49-39-59-58-29-11-18-36-69(58)75(67-34-16-9-27-56(67)57-28-10-17-35-68(57)75)72(59)60(40-49)71-42-48-38-46-20-2-4-22-51(46)62(48)44-74(71)65-32-14-7-25-54(65)55-26-8-15-33-66(55)74/h1-44H. The van der Waals surface area contributed by atoms with Gasteiger partial charge in [0.25, 0.3) is 0 Å². The summed E-state index contributed by atoms with van der Waals surface area (Å²) in [6, 6.07) is 88.2. The summed E-state index contributed by atoms with van der Waals surface area (Å²) in [5.74, 6) is 0. The van der Waals surface area contributed by atoms with E-state index in [0.717, 1.165) is 0 Å². The topological polar surface area (TPSA) is 0 Å². The third-order valence-corrected chi connectivity index (χ3v) is 18.6. The minimum atomic E-state index is -0.634. The van der Waals surface area contributed by atoms with Gasteiger partial charge in [0.1, 0.15) is 0 Å². The lowest BCUT2D eigenvalue weighted by Gasteiger charge is -2.41. The molecule has 0 saturated carbocycles. The fourth-order valence-corrected chi connectivity index (χ4v) is 15.9. The van der Waals surface area contributed by atoms with Gasteiger partial charge in [-0.05, 0) is 192 Å². The van der Waals surface area contributed by atoms with Crippen molar-refractivity contribution in [2.75, 3.05) is 0 Å². The molecule has 8 aliphatic carbocycles. The second kappa shape index (κ2) is 14.0. The second-order valence-corrected chi connectivity index (χ2v) is 21.7. The summed E-state index contributed by atoms with van der Waals surface area (Å²) in [4.78, 5) is 0. The number of hydrogen-bond acceptors (Lipinski definition) is 0. The van der Waals surface area contributed by atoms with Crippen molar-refractivity contribution in [1.82, 2.24) is 0 Å². The van der Waals surface area contributed by atoms with Crippen LogP contribution in [0.15, 0.2) is 266 Å². The molecule has 0 N–H and O–H groups in total. The Hall–Kier alpha value is -9.36. The zero-order valence-electron chi connectivity index (χ0n) is 40.9. The van der Waals surface area contributed by atoms with E-state index in [4.69, 9.17) is 0 Å². The zero-order valence-corrected chi connectivity index (χ0v) is 40.9. The average molecular weight is 945 g/mol. The van der Waals surface area contributed by atoms with E-state index in [1.54, 1.807) is 0 Å². The molecule has 8 aliphatic rings. The highest BCUT2D eigenvalue weighted by atomic mass is 14.6. The fourth-order valence-electron chi connectivity index (χ4n) is 15.9. The van der Waals surface area contributed by atoms with Crippen LogP contribution >= 0.6 is 0 Å². The van der Waals surface area contributed by atoms with E-state index in [0.29, 0.717) is 0 Å². The van der Waals surface area contributed by atoms with Crippen molar-refractivity contribution in [2.24, 2.45) is 0 Å². The molecule has 0 radical (unpaired) electrons. The van der Waals surface area contributed by atoms with Gasteiger partial charge in [0.2, 0.25) is 0 Å². The van der Waals surface area contributed by atoms with Crippen molar-refractivity contribution in [1.29, 1.82) is 0 Å². The second-order valence-electron chi connectivity index (χ2n) is 21.7. The van der Waals surface area contributed by atoms with E-state index in [1.165, 1.54) is 156 Å². The first-order valence-corrected chi connectivity index (χ1v) is 26.6. The summed E-state index contributed by atoms with van der Waals surface area (Å²) in [7, 11) is 0. The molecule has 0 bridgehead atoms. The van der Waals surface area contributed by atoms with E-state index < -0.39 is 16.2 Å². The van der Waals surface area contributed by atoms with Crippen molar-refractivity contribution in [3.63, 3.8) is 0 Å². The van der Waals surface area contributed by atoms with Gasteiger partial charge in [0.05, 0.1) is 16.2 Å². The highest BCUT2D eigenvalue weighted by Crippen LogP contribution is 2.69. The van der Waals surface area contributed by atoms with E-state index in [-0.39, 0.29) is 0 Å². The van der Waals surface area contributed by atoms with Gasteiger partial charge in [-0.25, -0.2) is 0 Å². The summed E-state index contributed by atoms with van der Waals surface area (Å²) in [6.07, 6.45) is 15.4. The van der Waals surface area contributed by atoms with Gasteiger partial charge in [-0.3, -0.25) is 0 Å². The largest absolute Gasteiger partial charge is 0.0731 e. The van der Waals surface area contributed by atoms with Crippen LogP contribution < -0.4 is 0 Å². The molecule has 0 fully saturated rings. The SMILES string of the molecule is C1=C2C=C(c3cc(C4=CC5=Cc6ccccc6C5=CC45c4ccccc4-c4ccccc45)c4c(c3)-c3ccccc3C43c4ccccc4-c4ccccc43)C3(C=C2c2ccccc21)c1ccccc1-c1ccccc13.